The molecule has 0 aliphatic carbocycles. The van der Waals surface area contributed by atoms with Gasteiger partial charge in [0.1, 0.15) is 6.10 Å². The fourth-order valence-corrected chi connectivity index (χ4v) is 2.24. The van der Waals surface area contributed by atoms with Crippen molar-refractivity contribution in [3.8, 4) is 5.75 Å². The molecular formula is C15H21FN2O2. The molecule has 20 heavy (non-hydrogen) atoms. The molecule has 2 atom stereocenters. The highest BCUT2D eigenvalue weighted by atomic mass is 19.1. The predicted molar refractivity (Wildman–Crippen MR) is 75.1 cm³/mol. The van der Waals surface area contributed by atoms with Crippen molar-refractivity contribution in [2.75, 3.05) is 13.1 Å². The molecule has 4 nitrogen and oxygen atoms in total. The van der Waals surface area contributed by atoms with Gasteiger partial charge in [0.15, 0.2) is 11.6 Å². The van der Waals surface area contributed by atoms with E-state index in [1.807, 2.05) is 6.92 Å². The van der Waals surface area contributed by atoms with Gasteiger partial charge >= 0.3 is 0 Å². The second kappa shape index (κ2) is 7.24. The predicted octanol–water partition coefficient (Wildman–Crippen LogP) is 1.85. The van der Waals surface area contributed by atoms with Crippen molar-refractivity contribution >= 4 is 5.91 Å². The monoisotopic (exact) mass is 280 g/mol. The van der Waals surface area contributed by atoms with Crippen LogP contribution in [0.2, 0.25) is 0 Å². The van der Waals surface area contributed by atoms with Crippen LogP contribution in [0.15, 0.2) is 24.3 Å². The molecule has 1 aliphatic heterocycles. The molecule has 110 valence electrons. The maximum atomic E-state index is 13.5. The molecule has 1 saturated heterocycles. The van der Waals surface area contributed by atoms with Gasteiger partial charge in [0.2, 0.25) is 5.91 Å². The van der Waals surface area contributed by atoms with Crippen molar-refractivity contribution in [2.45, 2.75) is 38.3 Å². The minimum atomic E-state index is -0.380. The topological polar surface area (TPSA) is 50.4 Å². The van der Waals surface area contributed by atoms with Crippen LogP contribution in [0.1, 0.15) is 26.2 Å². The molecule has 2 rings (SSSR count). The molecule has 0 saturated carbocycles. The molecule has 1 heterocycles. The van der Waals surface area contributed by atoms with Crippen LogP contribution in [-0.4, -0.2) is 31.1 Å². The summed E-state index contributed by atoms with van der Waals surface area (Å²) in [5, 5.41) is 6.01. The van der Waals surface area contributed by atoms with Gasteiger partial charge in [0, 0.05) is 0 Å². The van der Waals surface area contributed by atoms with E-state index in [0.717, 1.165) is 19.4 Å². The van der Waals surface area contributed by atoms with Gasteiger partial charge in [-0.15, -0.1) is 0 Å². The minimum absolute atomic E-state index is 0.00177. The summed E-state index contributed by atoms with van der Waals surface area (Å²) in [6.45, 7) is 3.23. The van der Waals surface area contributed by atoms with E-state index in [2.05, 4.69) is 10.6 Å². The van der Waals surface area contributed by atoms with E-state index in [-0.39, 0.29) is 29.6 Å². The summed E-state index contributed by atoms with van der Waals surface area (Å²) in [5.41, 5.74) is 0. The molecule has 1 aromatic carbocycles. The van der Waals surface area contributed by atoms with E-state index in [0.29, 0.717) is 13.0 Å². The lowest BCUT2D eigenvalue weighted by molar-refractivity contribution is -0.123. The lowest BCUT2D eigenvalue weighted by Gasteiger charge is -2.19. The maximum absolute atomic E-state index is 13.5. The fraction of sp³-hybridized carbons (Fsp3) is 0.533. The maximum Gasteiger partial charge on any atom is 0.237 e. The smallest absolute Gasteiger partial charge is 0.237 e. The Kier molecular flexibility index (Phi) is 5.35. The van der Waals surface area contributed by atoms with E-state index < -0.39 is 0 Å². The third-order valence-corrected chi connectivity index (χ3v) is 3.47. The lowest BCUT2D eigenvalue weighted by atomic mass is 10.2. The number of ether oxygens (including phenoxy) is 1. The van der Waals surface area contributed by atoms with Crippen LogP contribution < -0.4 is 15.4 Å². The second-order valence-corrected chi connectivity index (χ2v) is 4.97. The first-order valence-corrected chi connectivity index (χ1v) is 7.13. The summed E-state index contributed by atoms with van der Waals surface area (Å²) in [6.07, 6.45) is 2.38. The number of amides is 1. The normalized spacial score (nSPS) is 19.6. The number of para-hydroxylation sites is 1. The summed E-state index contributed by atoms with van der Waals surface area (Å²) in [4.78, 5) is 11.9. The van der Waals surface area contributed by atoms with Crippen LogP contribution in [0.25, 0.3) is 0 Å². The Morgan fingerprint density at radius 3 is 3.00 bits per heavy atom. The number of halogens is 1. The third kappa shape index (κ3) is 3.93. The molecule has 1 fully saturated rings. The molecule has 0 aromatic heterocycles. The first-order chi connectivity index (χ1) is 9.70. The number of carbonyl (C=O) groups is 1. The standard InChI is InChI=1S/C15H21FN2O2/c1-2-11(20-14-8-4-3-6-12(14)16)10-18-15(19)13-7-5-9-17-13/h3-4,6,8,11,13,17H,2,5,7,9-10H2,1H3,(H,18,19)/t11-,13-/m1/s1. The molecular weight excluding hydrogens is 259 g/mol. The van der Waals surface area contributed by atoms with Crippen LogP contribution in [0.4, 0.5) is 4.39 Å². The van der Waals surface area contributed by atoms with Crippen LogP contribution >= 0.6 is 0 Å². The average Bonchev–Trinajstić information content (AvgIpc) is 2.99. The Hall–Kier alpha value is -1.62. The third-order valence-electron chi connectivity index (χ3n) is 3.47. The highest BCUT2D eigenvalue weighted by Crippen LogP contribution is 2.17. The summed E-state index contributed by atoms with van der Waals surface area (Å²) < 4.78 is 19.1. The van der Waals surface area contributed by atoms with Gasteiger partial charge in [0.25, 0.3) is 0 Å². The molecule has 1 aromatic rings. The second-order valence-electron chi connectivity index (χ2n) is 4.97. The van der Waals surface area contributed by atoms with Gasteiger partial charge in [-0.05, 0) is 37.9 Å². The van der Waals surface area contributed by atoms with Crippen molar-refractivity contribution in [3.05, 3.63) is 30.1 Å². The number of benzene rings is 1. The zero-order valence-electron chi connectivity index (χ0n) is 11.7. The minimum Gasteiger partial charge on any atom is -0.486 e. The Balaban J connectivity index is 1.83. The largest absolute Gasteiger partial charge is 0.486 e. The molecule has 0 spiro atoms. The van der Waals surface area contributed by atoms with Crippen LogP contribution in [0, 0.1) is 5.82 Å². The lowest BCUT2D eigenvalue weighted by Crippen LogP contribution is -2.44. The van der Waals surface area contributed by atoms with Crippen LogP contribution in [0.5, 0.6) is 5.75 Å². The van der Waals surface area contributed by atoms with Crippen molar-refractivity contribution in [1.82, 2.24) is 10.6 Å². The highest BCUT2D eigenvalue weighted by molar-refractivity contribution is 5.82. The first kappa shape index (κ1) is 14.8. The SMILES string of the molecule is CC[C@H](CNC(=O)[C@H]1CCCN1)Oc1ccccc1F. The zero-order valence-corrected chi connectivity index (χ0v) is 11.7. The number of carbonyl (C=O) groups excluding carboxylic acids is 1. The van der Waals surface area contributed by atoms with Crippen molar-refractivity contribution in [1.29, 1.82) is 0 Å². The molecule has 0 bridgehead atoms. The van der Waals surface area contributed by atoms with Crippen molar-refractivity contribution in [2.24, 2.45) is 0 Å². The molecule has 0 unspecified atom stereocenters. The van der Waals surface area contributed by atoms with Gasteiger partial charge in [-0.1, -0.05) is 19.1 Å². The first-order valence-electron chi connectivity index (χ1n) is 7.13. The van der Waals surface area contributed by atoms with E-state index >= 15 is 0 Å². The highest BCUT2D eigenvalue weighted by Gasteiger charge is 2.22. The number of hydrogen-bond acceptors (Lipinski definition) is 3. The number of nitrogens with one attached hydrogen (secondary N) is 2. The van der Waals surface area contributed by atoms with Crippen LogP contribution in [0.3, 0.4) is 0 Å². The van der Waals surface area contributed by atoms with E-state index in [1.54, 1.807) is 18.2 Å². The van der Waals surface area contributed by atoms with Gasteiger partial charge < -0.3 is 15.4 Å². The van der Waals surface area contributed by atoms with Gasteiger partial charge in [-0.2, -0.15) is 0 Å². The van der Waals surface area contributed by atoms with Crippen LogP contribution in [-0.2, 0) is 4.79 Å². The molecule has 2 N–H and O–H groups in total. The Morgan fingerprint density at radius 2 is 2.35 bits per heavy atom. The molecule has 5 heteroatoms. The molecule has 1 amide bonds. The Labute approximate surface area is 118 Å². The van der Waals surface area contributed by atoms with E-state index in [9.17, 15) is 9.18 Å². The summed E-state index contributed by atoms with van der Waals surface area (Å²) in [6, 6.07) is 6.21. The average molecular weight is 280 g/mol. The van der Waals surface area contributed by atoms with Gasteiger partial charge in [-0.3, -0.25) is 4.79 Å². The van der Waals surface area contributed by atoms with E-state index in [1.165, 1.54) is 6.07 Å². The molecule has 0 radical (unpaired) electrons. The quantitative estimate of drug-likeness (QED) is 0.836. The van der Waals surface area contributed by atoms with E-state index in [4.69, 9.17) is 4.74 Å². The summed E-state index contributed by atoms with van der Waals surface area (Å²) in [7, 11) is 0. The van der Waals surface area contributed by atoms with Crippen molar-refractivity contribution < 1.29 is 13.9 Å². The Bertz CT molecular complexity index is 447. The molecule has 1 aliphatic rings. The number of rotatable bonds is 6. The van der Waals surface area contributed by atoms with Crippen molar-refractivity contribution in [3.63, 3.8) is 0 Å². The summed E-state index contributed by atoms with van der Waals surface area (Å²) >= 11 is 0. The fourth-order valence-electron chi connectivity index (χ4n) is 2.24. The van der Waals surface area contributed by atoms with Gasteiger partial charge in [0.05, 0.1) is 12.6 Å². The number of hydrogen-bond donors (Lipinski definition) is 2. The zero-order chi connectivity index (χ0) is 14.4. The Morgan fingerprint density at radius 1 is 1.55 bits per heavy atom. The summed E-state index contributed by atoms with van der Waals surface area (Å²) in [5.74, 6) is -0.152. The van der Waals surface area contributed by atoms with Gasteiger partial charge in [-0.25, -0.2) is 4.39 Å².